The van der Waals surface area contributed by atoms with Crippen molar-refractivity contribution in [1.29, 1.82) is 0 Å². The van der Waals surface area contributed by atoms with E-state index in [0.29, 0.717) is 12.3 Å². The normalized spacial score (nSPS) is 16.2. The van der Waals surface area contributed by atoms with Gasteiger partial charge in [-0.2, -0.15) is 9.90 Å². The summed E-state index contributed by atoms with van der Waals surface area (Å²) < 4.78 is 46.8. The Labute approximate surface area is 187 Å². The molecule has 2 aromatic carbocycles. The second-order valence-corrected chi connectivity index (χ2v) is 6.70. The SMILES string of the molecule is Cl.O=C(Nc1ccc([C@H]2CNCCO2)cc1)c1cnn(-c2cccc(OC(F)(F)F)c2)n1. The molecule has 2 N–H and O–H groups in total. The van der Waals surface area contributed by atoms with E-state index < -0.39 is 18.0 Å². The van der Waals surface area contributed by atoms with Gasteiger partial charge in [0.1, 0.15) is 5.75 Å². The fourth-order valence-corrected chi connectivity index (χ4v) is 3.05. The lowest BCUT2D eigenvalue weighted by atomic mass is 10.1. The molecule has 1 atom stereocenters. The summed E-state index contributed by atoms with van der Waals surface area (Å²) in [5, 5.41) is 13.9. The molecule has 0 bridgehead atoms. The third-order valence-corrected chi connectivity index (χ3v) is 4.47. The van der Waals surface area contributed by atoms with Crippen LogP contribution >= 0.6 is 12.4 Å². The lowest BCUT2D eigenvalue weighted by Gasteiger charge is -2.24. The van der Waals surface area contributed by atoms with Crippen molar-refractivity contribution in [2.75, 3.05) is 25.0 Å². The van der Waals surface area contributed by atoms with E-state index in [9.17, 15) is 18.0 Å². The van der Waals surface area contributed by atoms with Gasteiger partial charge in [-0.1, -0.05) is 18.2 Å². The highest BCUT2D eigenvalue weighted by molar-refractivity contribution is 6.02. The van der Waals surface area contributed by atoms with E-state index in [1.165, 1.54) is 18.3 Å². The van der Waals surface area contributed by atoms with Crippen molar-refractivity contribution < 1.29 is 27.4 Å². The molecule has 12 heteroatoms. The van der Waals surface area contributed by atoms with E-state index in [0.717, 1.165) is 35.6 Å². The van der Waals surface area contributed by atoms with Crippen molar-refractivity contribution in [2.24, 2.45) is 0 Å². The molecule has 1 aliphatic heterocycles. The minimum absolute atomic E-state index is 0. The van der Waals surface area contributed by atoms with Crippen molar-refractivity contribution in [1.82, 2.24) is 20.3 Å². The molecule has 3 aromatic rings. The van der Waals surface area contributed by atoms with Gasteiger partial charge in [0.15, 0.2) is 5.69 Å². The maximum atomic E-state index is 12.5. The minimum Gasteiger partial charge on any atom is -0.406 e. The van der Waals surface area contributed by atoms with Crippen molar-refractivity contribution >= 4 is 24.0 Å². The third kappa shape index (κ3) is 5.96. The van der Waals surface area contributed by atoms with Crippen LogP contribution in [0.5, 0.6) is 5.75 Å². The number of rotatable bonds is 5. The predicted octanol–water partition coefficient (Wildman–Crippen LogP) is 3.50. The number of nitrogens with one attached hydrogen (secondary N) is 2. The Morgan fingerprint density at radius 1 is 1.22 bits per heavy atom. The summed E-state index contributed by atoms with van der Waals surface area (Å²) in [7, 11) is 0. The molecule has 0 unspecified atom stereocenters. The molecule has 0 saturated carbocycles. The first kappa shape index (κ1) is 23.5. The van der Waals surface area contributed by atoms with Crippen LogP contribution in [-0.2, 0) is 4.74 Å². The first-order valence-corrected chi connectivity index (χ1v) is 9.39. The highest BCUT2D eigenvalue weighted by Gasteiger charge is 2.31. The molecular weight excluding hydrogens is 451 g/mol. The summed E-state index contributed by atoms with van der Waals surface area (Å²) >= 11 is 0. The number of carbonyl (C=O) groups is 1. The highest BCUT2D eigenvalue weighted by Crippen LogP contribution is 2.24. The van der Waals surface area contributed by atoms with Crippen molar-refractivity contribution in [3.05, 3.63) is 66.0 Å². The predicted molar refractivity (Wildman–Crippen MR) is 111 cm³/mol. The zero-order chi connectivity index (χ0) is 21.8. The van der Waals surface area contributed by atoms with Gasteiger partial charge in [0, 0.05) is 24.8 Å². The van der Waals surface area contributed by atoms with E-state index in [1.54, 1.807) is 12.1 Å². The molecule has 4 rings (SSSR count). The van der Waals surface area contributed by atoms with Crippen LogP contribution in [0.2, 0.25) is 0 Å². The minimum atomic E-state index is -4.81. The molecule has 170 valence electrons. The summed E-state index contributed by atoms with van der Waals surface area (Å²) in [5.74, 6) is -0.914. The summed E-state index contributed by atoms with van der Waals surface area (Å²) in [5.41, 5.74) is 1.78. The van der Waals surface area contributed by atoms with Gasteiger partial charge in [0.25, 0.3) is 5.91 Å². The van der Waals surface area contributed by atoms with E-state index in [2.05, 4.69) is 25.6 Å². The van der Waals surface area contributed by atoms with E-state index in [-0.39, 0.29) is 29.9 Å². The number of carbonyl (C=O) groups excluding carboxylic acids is 1. The Hall–Kier alpha value is -3.15. The van der Waals surface area contributed by atoms with Gasteiger partial charge in [0.2, 0.25) is 0 Å². The maximum absolute atomic E-state index is 12.5. The van der Waals surface area contributed by atoms with Crippen molar-refractivity contribution in [3.63, 3.8) is 0 Å². The Balaban J connectivity index is 0.00000289. The Kier molecular flexibility index (Phi) is 7.33. The third-order valence-electron chi connectivity index (χ3n) is 4.47. The fourth-order valence-electron chi connectivity index (χ4n) is 3.05. The largest absolute Gasteiger partial charge is 0.573 e. The van der Waals surface area contributed by atoms with Crippen LogP contribution in [0.25, 0.3) is 5.69 Å². The molecule has 1 saturated heterocycles. The van der Waals surface area contributed by atoms with Crippen LogP contribution in [0.3, 0.4) is 0 Å². The number of amides is 1. The van der Waals surface area contributed by atoms with Crippen LogP contribution in [0.4, 0.5) is 18.9 Å². The van der Waals surface area contributed by atoms with Gasteiger partial charge >= 0.3 is 6.36 Å². The van der Waals surface area contributed by atoms with E-state index in [1.807, 2.05) is 12.1 Å². The average molecular weight is 470 g/mol. The fraction of sp³-hybridized carbons (Fsp3) is 0.250. The summed E-state index contributed by atoms with van der Waals surface area (Å²) in [6.45, 7) is 2.19. The smallest absolute Gasteiger partial charge is 0.406 e. The topological polar surface area (TPSA) is 90.3 Å². The van der Waals surface area contributed by atoms with Crippen molar-refractivity contribution in [2.45, 2.75) is 12.5 Å². The zero-order valence-corrected chi connectivity index (χ0v) is 17.3. The van der Waals surface area contributed by atoms with Crippen LogP contribution in [0.1, 0.15) is 22.2 Å². The van der Waals surface area contributed by atoms with Gasteiger partial charge in [-0.15, -0.1) is 30.7 Å². The first-order valence-electron chi connectivity index (χ1n) is 9.39. The van der Waals surface area contributed by atoms with Crippen molar-refractivity contribution in [3.8, 4) is 11.4 Å². The number of anilines is 1. The molecule has 1 aliphatic rings. The number of benzene rings is 2. The van der Waals surface area contributed by atoms with Crippen LogP contribution in [0.15, 0.2) is 54.7 Å². The number of aromatic nitrogens is 3. The molecule has 1 amide bonds. The van der Waals surface area contributed by atoms with Crippen LogP contribution in [-0.4, -0.2) is 47.0 Å². The molecular formula is C20H19ClF3N5O3. The number of halogens is 4. The van der Waals surface area contributed by atoms with Gasteiger partial charge in [-0.05, 0) is 29.8 Å². The Morgan fingerprint density at radius 2 is 2.00 bits per heavy atom. The molecule has 32 heavy (non-hydrogen) atoms. The molecule has 0 radical (unpaired) electrons. The van der Waals surface area contributed by atoms with E-state index in [4.69, 9.17) is 4.74 Å². The van der Waals surface area contributed by atoms with Crippen LogP contribution < -0.4 is 15.4 Å². The summed E-state index contributed by atoms with van der Waals surface area (Å²) in [4.78, 5) is 13.5. The summed E-state index contributed by atoms with van der Waals surface area (Å²) in [6.07, 6.45) is -3.62. The molecule has 1 fully saturated rings. The number of alkyl halides is 3. The standard InChI is InChI=1S/C20H18F3N5O3.ClH/c21-20(22,23)31-16-3-1-2-15(10-16)28-25-11-17(27-28)19(29)26-14-6-4-13(5-7-14)18-12-24-8-9-30-18;/h1-7,10-11,18,24H,8-9,12H2,(H,26,29);1H/t18-;/m1./s1. The number of ether oxygens (including phenoxy) is 2. The lowest BCUT2D eigenvalue weighted by molar-refractivity contribution is -0.274. The Morgan fingerprint density at radius 3 is 2.69 bits per heavy atom. The van der Waals surface area contributed by atoms with E-state index >= 15 is 0 Å². The number of hydrogen-bond acceptors (Lipinski definition) is 6. The summed E-state index contributed by atoms with van der Waals surface area (Å²) in [6, 6.07) is 12.4. The first-order chi connectivity index (χ1) is 14.9. The molecule has 2 heterocycles. The quantitative estimate of drug-likeness (QED) is 0.594. The highest BCUT2D eigenvalue weighted by atomic mass is 35.5. The van der Waals surface area contributed by atoms with Gasteiger partial charge < -0.3 is 20.1 Å². The Bertz CT molecular complexity index is 1050. The number of hydrogen-bond donors (Lipinski definition) is 2. The van der Waals surface area contributed by atoms with Crippen LogP contribution in [0, 0.1) is 0 Å². The van der Waals surface area contributed by atoms with Gasteiger partial charge in [-0.25, -0.2) is 0 Å². The lowest BCUT2D eigenvalue weighted by Crippen LogP contribution is -2.33. The zero-order valence-electron chi connectivity index (χ0n) is 16.5. The molecule has 0 aliphatic carbocycles. The molecule has 0 spiro atoms. The monoisotopic (exact) mass is 469 g/mol. The molecule has 1 aromatic heterocycles. The number of morpholine rings is 1. The second kappa shape index (κ2) is 9.98. The van der Waals surface area contributed by atoms with Gasteiger partial charge in [0.05, 0.1) is 24.6 Å². The van der Waals surface area contributed by atoms with Gasteiger partial charge in [-0.3, -0.25) is 4.79 Å². The average Bonchev–Trinajstić information content (AvgIpc) is 3.25. The number of nitrogens with zero attached hydrogens (tertiary/aromatic N) is 3. The molecule has 8 nitrogen and oxygen atoms in total. The second-order valence-electron chi connectivity index (χ2n) is 6.70. The maximum Gasteiger partial charge on any atom is 0.573 e.